The number of hydrogen-bond donors (Lipinski definition) is 2. The fourth-order valence-corrected chi connectivity index (χ4v) is 3.58. The number of anilines is 1. The third-order valence-corrected chi connectivity index (χ3v) is 4.94. The van der Waals surface area contributed by atoms with Crippen LogP contribution in [0.15, 0.2) is 60.7 Å². The van der Waals surface area contributed by atoms with Crippen LogP contribution in [0.4, 0.5) is 16.2 Å². The van der Waals surface area contributed by atoms with Crippen molar-refractivity contribution in [2.24, 2.45) is 0 Å². The average molecular weight is 465 g/mol. The molecule has 3 rings (SSSR count). The van der Waals surface area contributed by atoms with Gasteiger partial charge in [0.25, 0.3) is 11.6 Å². The van der Waals surface area contributed by atoms with Gasteiger partial charge in [0.1, 0.15) is 0 Å². The first-order valence-electron chi connectivity index (χ1n) is 8.37. The number of halogens is 3. The SMILES string of the molecule is O=C(NC(=O)c1ccccc1Cl)Nc1cc(Cl)c(-c2ccc([N+](=O)[O-])cc2)c(Cl)c1. The zero-order valence-corrected chi connectivity index (χ0v) is 17.3. The van der Waals surface area contributed by atoms with Gasteiger partial charge in [-0.15, -0.1) is 0 Å². The van der Waals surface area contributed by atoms with E-state index in [0.717, 1.165) is 0 Å². The summed E-state index contributed by atoms with van der Waals surface area (Å²) in [5.74, 6) is -0.669. The highest BCUT2D eigenvalue weighted by Gasteiger charge is 2.16. The molecule has 3 aromatic rings. The number of nitro benzene ring substituents is 1. The van der Waals surface area contributed by atoms with Crippen molar-refractivity contribution in [3.63, 3.8) is 0 Å². The van der Waals surface area contributed by atoms with Crippen LogP contribution in [-0.2, 0) is 0 Å². The number of benzene rings is 3. The number of urea groups is 1. The van der Waals surface area contributed by atoms with Crippen LogP contribution in [-0.4, -0.2) is 16.9 Å². The Kier molecular flexibility index (Phi) is 6.56. The molecule has 0 aliphatic rings. The summed E-state index contributed by atoms with van der Waals surface area (Å²) in [4.78, 5) is 34.6. The Labute approximate surface area is 185 Å². The molecule has 0 fully saturated rings. The van der Waals surface area contributed by atoms with Gasteiger partial charge in [-0.1, -0.05) is 46.9 Å². The minimum absolute atomic E-state index is 0.0656. The number of imide groups is 1. The molecule has 0 spiro atoms. The van der Waals surface area contributed by atoms with Gasteiger partial charge in [-0.25, -0.2) is 4.79 Å². The zero-order chi connectivity index (χ0) is 21.8. The number of nitro groups is 1. The van der Waals surface area contributed by atoms with Crippen molar-refractivity contribution >= 4 is 58.1 Å². The molecule has 0 saturated heterocycles. The maximum Gasteiger partial charge on any atom is 0.326 e. The predicted octanol–water partition coefficient (Wildman–Crippen LogP) is 6.18. The Bertz CT molecular complexity index is 1130. The van der Waals surface area contributed by atoms with Crippen molar-refractivity contribution in [2.45, 2.75) is 0 Å². The van der Waals surface area contributed by atoms with Gasteiger partial charge in [-0.2, -0.15) is 0 Å². The molecule has 0 radical (unpaired) electrons. The summed E-state index contributed by atoms with van der Waals surface area (Å²) in [5.41, 5.74) is 1.36. The van der Waals surface area contributed by atoms with E-state index in [2.05, 4.69) is 10.6 Å². The van der Waals surface area contributed by atoms with Gasteiger partial charge in [0.15, 0.2) is 0 Å². The van der Waals surface area contributed by atoms with Crippen LogP contribution in [0.5, 0.6) is 0 Å². The Morgan fingerprint density at radius 2 is 1.47 bits per heavy atom. The fourth-order valence-electron chi connectivity index (χ4n) is 2.65. The number of nitrogens with one attached hydrogen (secondary N) is 2. The van der Waals surface area contributed by atoms with Gasteiger partial charge in [-0.3, -0.25) is 20.2 Å². The first kappa shape index (κ1) is 21.6. The van der Waals surface area contributed by atoms with Crippen LogP contribution in [0.1, 0.15) is 10.4 Å². The van der Waals surface area contributed by atoms with E-state index in [4.69, 9.17) is 34.8 Å². The summed E-state index contributed by atoms with van der Waals surface area (Å²) in [6.07, 6.45) is 0. The van der Waals surface area contributed by atoms with Gasteiger partial charge in [-0.05, 0) is 42.0 Å². The second-order valence-electron chi connectivity index (χ2n) is 6.01. The summed E-state index contributed by atoms with van der Waals surface area (Å²) in [7, 11) is 0. The number of carbonyl (C=O) groups is 2. The number of amides is 3. The van der Waals surface area contributed by atoms with Crippen molar-refractivity contribution in [2.75, 3.05) is 5.32 Å². The van der Waals surface area contributed by atoms with Gasteiger partial charge in [0.2, 0.25) is 0 Å². The Morgan fingerprint density at radius 3 is 2.03 bits per heavy atom. The van der Waals surface area contributed by atoms with Gasteiger partial charge >= 0.3 is 6.03 Å². The van der Waals surface area contributed by atoms with Crippen LogP contribution >= 0.6 is 34.8 Å². The molecule has 0 saturated carbocycles. The lowest BCUT2D eigenvalue weighted by Gasteiger charge is -2.12. The molecule has 0 atom stereocenters. The zero-order valence-electron chi connectivity index (χ0n) is 15.0. The lowest BCUT2D eigenvalue weighted by molar-refractivity contribution is -0.384. The monoisotopic (exact) mass is 463 g/mol. The number of hydrogen-bond acceptors (Lipinski definition) is 4. The smallest absolute Gasteiger partial charge is 0.308 e. The molecule has 0 aliphatic carbocycles. The van der Waals surface area contributed by atoms with Crippen molar-refractivity contribution in [1.29, 1.82) is 0 Å². The van der Waals surface area contributed by atoms with Crippen molar-refractivity contribution in [3.05, 3.63) is 91.4 Å². The fraction of sp³-hybridized carbons (Fsp3) is 0. The first-order chi connectivity index (χ1) is 14.3. The third kappa shape index (κ3) is 4.88. The lowest BCUT2D eigenvalue weighted by Crippen LogP contribution is -2.34. The molecule has 7 nitrogen and oxygen atoms in total. The first-order valence-corrected chi connectivity index (χ1v) is 9.50. The molecule has 3 aromatic carbocycles. The maximum atomic E-state index is 12.2. The molecule has 30 heavy (non-hydrogen) atoms. The molecule has 0 heterocycles. The lowest BCUT2D eigenvalue weighted by atomic mass is 10.0. The Balaban J connectivity index is 1.76. The van der Waals surface area contributed by atoms with E-state index in [1.165, 1.54) is 48.5 Å². The van der Waals surface area contributed by atoms with E-state index < -0.39 is 16.9 Å². The van der Waals surface area contributed by atoms with E-state index in [0.29, 0.717) is 11.1 Å². The normalized spacial score (nSPS) is 10.4. The quantitative estimate of drug-likeness (QED) is 0.355. The van der Waals surface area contributed by atoms with Crippen molar-refractivity contribution in [3.8, 4) is 11.1 Å². The molecule has 2 N–H and O–H groups in total. The number of non-ortho nitro benzene ring substituents is 1. The van der Waals surface area contributed by atoms with E-state index in [1.54, 1.807) is 12.1 Å². The van der Waals surface area contributed by atoms with Crippen LogP contribution in [0, 0.1) is 10.1 Å². The van der Waals surface area contributed by atoms with Crippen LogP contribution < -0.4 is 10.6 Å². The topological polar surface area (TPSA) is 101 Å². The summed E-state index contributed by atoms with van der Waals surface area (Å²) in [5, 5.41) is 16.1. The second-order valence-corrected chi connectivity index (χ2v) is 7.23. The third-order valence-electron chi connectivity index (χ3n) is 4.01. The van der Waals surface area contributed by atoms with E-state index in [1.807, 2.05) is 0 Å². The second kappa shape index (κ2) is 9.13. The summed E-state index contributed by atoms with van der Waals surface area (Å²) >= 11 is 18.5. The maximum absolute atomic E-state index is 12.2. The van der Waals surface area contributed by atoms with Gasteiger partial charge < -0.3 is 5.32 Å². The van der Waals surface area contributed by atoms with Crippen molar-refractivity contribution < 1.29 is 14.5 Å². The van der Waals surface area contributed by atoms with Crippen LogP contribution in [0.2, 0.25) is 15.1 Å². The highest BCUT2D eigenvalue weighted by molar-refractivity contribution is 6.39. The van der Waals surface area contributed by atoms with E-state index in [-0.39, 0.29) is 32.0 Å². The molecule has 152 valence electrons. The average Bonchev–Trinajstić information content (AvgIpc) is 2.68. The van der Waals surface area contributed by atoms with Crippen LogP contribution in [0.3, 0.4) is 0 Å². The highest BCUT2D eigenvalue weighted by Crippen LogP contribution is 2.37. The molecule has 0 unspecified atom stereocenters. The number of rotatable bonds is 4. The number of nitrogens with zero attached hydrogens (tertiary/aromatic N) is 1. The summed E-state index contributed by atoms with van der Waals surface area (Å²) in [6, 6.07) is 14.1. The van der Waals surface area contributed by atoms with Crippen molar-refractivity contribution in [1.82, 2.24) is 5.32 Å². The molecular weight excluding hydrogens is 453 g/mol. The predicted molar refractivity (Wildman–Crippen MR) is 116 cm³/mol. The minimum atomic E-state index is -0.796. The molecule has 0 bridgehead atoms. The van der Waals surface area contributed by atoms with Gasteiger partial charge in [0.05, 0.1) is 25.6 Å². The standard InChI is InChI=1S/C20H12Cl3N3O4/c21-15-4-2-1-3-14(15)19(27)25-20(28)24-12-9-16(22)18(17(23)10-12)11-5-7-13(8-6-11)26(29)30/h1-10H,(H2,24,25,27,28). The van der Waals surface area contributed by atoms with Gasteiger partial charge in [0, 0.05) is 23.4 Å². The Morgan fingerprint density at radius 1 is 0.867 bits per heavy atom. The summed E-state index contributed by atoms with van der Waals surface area (Å²) < 4.78 is 0. The molecule has 10 heteroatoms. The largest absolute Gasteiger partial charge is 0.326 e. The minimum Gasteiger partial charge on any atom is -0.308 e. The molecule has 3 amide bonds. The van der Waals surface area contributed by atoms with Crippen LogP contribution in [0.25, 0.3) is 11.1 Å². The summed E-state index contributed by atoms with van der Waals surface area (Å²) in [6.45, 7) is 0. The molecule has 0 aromatic heterocycles. The Hall–Kier alpha value is -3.13. The highest BCUT2D eigenvalue weighted by atomic mass is 35.5. The van der Waals surface area contributed by atoms with E-state index >= 15 is 0 Å². The number of carbonyl (C=O) groups excluding carboxylic acids is 2. The molecular formula is C20H12Cl3N3O4. The molecule has 0 aliphatic heterocycles. The van der Waals surface area contributed by atoms with E-state index in [9.17, 15) is 19.7 Å².